The minimum Gasteiger partial charge on any atom is -0.350 e. The van der Waals surface area contributed by atoms with Gasteiger partial charge in [0, 0.05) is 56.1 Å². The third kappa shape index (κ3) is 2.73. The molecule has 0 saturated carbocycles. The van der Waals surface area contributed by atoms with Crippen molar-refractivity contribution in [2.75, 3.05) is 40.9 Å². The van der Waals surface area contributed by atoms with Gasteiger partial charge in [0.15, 0.2) is 9.84 Å². The third-order valence-corrected chi connectivity index (χ3v) is 7.20. The molecule has 0 spiro atoms. The molecule has 2 fully saturated rings. The fourth-order valence-electron chi connectivity index (χ4n) is 4.20. The van der Waals surface area contributed by atoms with E-state index in [9.17, 15) is 8.42 Å². The Morgan fingerprint density at radius 1 is 1.23 bits per heavy atom. The highest BCUT2D eigenvalue weighted by atomic mass is 32.2. The van der Waals surface area contributed by atoms with Gasteiger partial charge in [-0.05, 0) is 6.07 Å². The number of aromatic amines is 1. The number of sulfone groups is 1. The van der Waals surface area contributed by atoms with E-state index in [4.69, 9.17) is 4.98 Å². The molecule has 9 nitrogen and oxygen atoms in total. The Morgan fingerprint density at radius 3 is 3.08 bits per heavy atom. The van der Waals surface area contributed by atoms with Gasteiger partial charge in [0.1, 0.15) is 5.82 Å². The number of H-pyrrole nitrogens is 1. The topological polar surface area (TPSA) is 107 Å². The number of aromatic nitrogens is 4. The Labute approximate surface area is 151 Å². The van der Waals surface area contributed by atoms with Crippen molar-refractivity contribution in [1.29, 1.82) is 0 Å². The molecule has 26 heavy (non-hydrogen) atoms. The number of fused-ring (bicyclic) bond motifs is 2. The fraction of sp³-hybridized carbons (Fsp3) is 0.562. The van der Waals surface area contributed by atoms with E-state index < -0.39 is 9.84 Å². The van der Waals surface area contributed by atoms with Crippen LogP contribution in [0.3, 0.4) is 0 Å². The molecule has 2 saturated heterocycles. The number of nitrogens with zero attached hydrogens (tertiary/aromatic N) is 5. The van der Waals surface area contributed by atoms with E-state index in [1.165, 1.54) is 11.3 Å². The standard InChI is InChI=1S/C16H21N7O2S/c24-26(25)9-13-14(10-26)23(6-4-17-13)15-1-3-18-16(20-15)22-5-2-12-11(8-22)7-19-21-12/h1,3,7,13-14,17H,2,4-6,8-10H2,(H,19,21)/t13-,14+/m0/s1. The van der Waals surface area contributed by atoms with Crippen molar-refractivity contribution >= 4 is 21.6 Å². The molecule has 0 radical (unpaired) electrons. The molecule has 0 unspecified atom stereocenters. The lowest BCUT2D eigenvalue weighted by molar-refractivity contribution is 0.422. The Balaban J connectivity index is 1.42. The molecule has 5 heterocycles. The van der Waals surface area contributed by atoms with Crippen LogP contribution in [0.15, 0.2) is 18.5 Å². The second-order valence-electron chi connectivity index (χ2n) is 7.16. The first kappa shape index (κ1) is 16.0. The van der Waals surface area contributed by atoms with Gasteiger partial charge in [-0.3, -0.25) is 5.10 Å². The predicted molar refractivity (Wildman–Crippen MR) is 97.0 cm³/mol. The molecule has 138 valence electrons. The smallest absolute Gasteiger partial charge is 0.227 e. The molecule has 0 aliphatic carbocycles. The molecule has 2 aromatic heterocycles. The van der Waals surface area contributed by atoms with Crippen LogP contribution in [0.25, 0.3) is 0 Å². The van der Waals surface area contributed by atoms with Crippen molar-refractivity contribution in [3.63, 3.8) is 0 Å². The number of hydrogen-bond donors (Lipinski definition) is 2. The second kappa shape index (κ2) is 5.92. The van der Waals surface area contributed by atoms with Crippen molar-refractivity contribution in [3.8, 4) is 0 Å². The molecule has 2 atom stereocenters. The molecule has 3 aliphatic rings. The van der Waals surface area contributed by atoms with Gasteiger partial charge in [0.2, 0.25) is 5.95 Å². The van der Waals surface area contributed by atoms with Crippen molar-refractivity contribution in [2.45, 2.75) is 25.0 Å². The first-order chi connectivity index (χ1) is 12.6. The molecule has 3 aliphatic heterocycles. The molecular weight excluding hydrogens is 354 g/mol. The summed E-state index contributed by atoms with van der Waals surface area (Å²) in [5.74, 6) is 1.89. The lowest BCUT2D eigenvalue weighted by Crippen LogP contribution is -2.57. The molecule has 10 heteroatoms. The summed E-state index contributed by atoms with van der Waals surface area (Å²) in [5.41, 5.74) is 2.35. The maximum atomic E-state index is 12.1. The maximum Gasteiger partial charge on any atom is 0.227 e. The average Bonchev–Trinajstić information content (AvgIpc) is 3.22. The van der Waals surface area contributed by atoms with E-state index in [0.717, 1.165) is 38.4 Å². The summed E-state index contributed by atoms with van der Waals surface area (Å²) in [7, 11) is -3.00. The number of piperazine rings is 1. The monoisotopic (exact) mass is 375 g/mol. The van der Waals surface area contributed by atoms with E-state index in [0.29, 0.717) is 5.95 Å². The van der Waals surface area contributed by atoms with E-state index in [1.54, 1.807) is 6.20 Å². The summed E-state index contributed by atoms with van der Waals surface area (Å²) in [6, 6.07) is 1.80. The van der Waals surface area contributed by atoms with Crippen LogP contribution in [-0.4, -0.2) is 71.8 Å². The van der Waals surface area contributed by atoms with Gasteiger partial charge >= 0.3 is 0 Å². The van der Waals surface area contributed by atoms with Gasteiger partial charge in [0.25, 0.3) is 0 Å². The summed E-state index contributed by atoms with van der Waals surface area (Å²) in [6.45, 7) is 3.08. The minimum atomic E-state index is -3.00. The Bertz CT molecular complexity index is 928. The van der Waals surface area contributed by atoms with E-state index in [2.05, 4.69) is 30.3 Å². The lowest BCUT2D eigenvalue weighted by atomic mass is 10.1. The van der Waals surface area contributed by atoms with Crippen LogP contribution in [-0.2, 0) is 22.8 Å². The van der Waals surface area contributed by atoms with Crippen LogP contribution in [0.4, 0.5) is 11.8 Å². The van der Waals surface area contributed by atoms with Crippen LogP contribution < -0.4 is 15.1 Å². The maximum absolute atomic E-state index is 12.1. The number of rotatable bonds is 2. The Hall–Kier alpha value is -2.20. The van der Waals surface area contributed by atoms with Crippen LogP contribution in [0, 0.1) is 0 Å². The summed E-state index contributed by atoms with van der Waals surface area (Å²) >= 11 is 0. The van der Waals surface area contributed by atoms with Crippen molar-refractivity contribution < 1.29 is 8.42 Å². The highest BCUT2D eigenvalue weighted by molar-refractivity contribution is 7.91. The first-order valence-corrected chi connectivity index (χ1v) is 10.7. The van der Waals surface area contributed by atoms with E-state index in [-0.39, 0.29) is 23.6 Å². The average molecular weight is 375 g/mol. The minimum absolute atomic E-state index is 0.0179. The molecular formula is C16H21N7O2S. The molecule has 2 aromatic rings. The van der Waals surface area contributed by atoms with Gasteiger partial charge in [-0.1, -0.05) is 0 Å². The summed E-state index contributed by atoms with van der Waals surface area (Å²) in [5, 5.41) is 10.5. The van der Waals surface area contributed by atoms with E-state index in [1.807, 2.05) is 12.3 Å². The number of hydrogen-bond acceptors (Lipinski definition) is 8. The zero-order chi connectivity index (χ0) is 17.7. The molecule has 0 bridgehead atoms. The van der Waals surface area contributed by atoms with Crippen LogP contribution >= 0.6 is 0 Å². The quantitative estimate of drug-likeness (QED) is 0.712. The zero-order valence-electron chi connectivity index (χ0n) is 14.3. The van der Waals surface area contributed by atoms with Gasteiger partial charge < -0.3 is 15.1 Å². The fourth-order valence-corrected chi connectivity index (χ4v) is 6.15. The molecule has 2 N–H and O–H groups in total. The first-order valence-electron chi connectivity index (χ1n) is 8.89. The van der Waals surface area contributed by atoms with Crippen LogP contribution in [0.2, 0.25) is 0 Å². The zero-order valence-corrected chi connectivity index (χ0v) is 15.1. The van der Waals surface area contributed by atoms with Crippen molar-refractivity contribution in [2.24, 2.45) is 0 Å². The molecule has 0 amide bonds. The lowest BCUT2D eigenvalue weighted by Gasteiger charge is -2.38. The molecule has 5 rings (SSSR count). The normalized spacial score (nSPS) is 27.2. The second-order valence-corrected chi connectivity index (χ2v) is 9.31. The summed E-state index contributed by atoms with van der Waals surface area (Å²) in [6.07, 6.45) is 4.51. The van der Waals surface area contributed by atoms with Gasteiger partial charge in [-0.15, -0.1) is 0 Å². The predicted octanol–water partition coefficient (Wildman–Crippen LogP) is -0.662. The summed E-state index contributed by atoms with van der Waals surface area (Å²) in [4.78, 5) is 13.5. The number of anilines is 2. The van der Waals surface area contributed by atoms with Crippen molar-refractivity contribution in [3.05, 3.63) is 29.7 Å². The Kier molecular flexibility index (Phi) is 3.64. The number of nitrogens with one attached hydrogen (secondary N) is 2. The highest BCUT2D eigenvalue weighted by Crippen LogP contribution is 2.27. The van der Waals surface area contributed by atoms with Gasteiger partial charge in [-0.25, -0.2) is 13.4 Å². The largest absolute Gasteiger partial charge is 0.350 e. The highest BCUT2D eigenvalue weighted by Gasteiger charge is 2.43. The SMILES string of the molecule is O=S1(=O)C[C@@H]2NCCN(c3ccnc(N4CCc5[nH]ncc5C4)n3)[C@@H]2C1. The Morgan fingerprint density at radius 2 is 2.15 bits per heavy atom. The van der Waals surface area contributed by atoms with Crippen LogP contribution in [0.1, 0.15) is 11.3 Å². The van der Waals surface area contributed by atoms with Crippen molar-refractivity contribution in [1.82, 2.24) is 25.5 Å². The van der Waals surface area contributed by atoms with E-state index >= 15 is 0 Å². The molecule has 0 aromatic carbocycles. The van der Waals surface area contributed by atoms with Crippen LogP contribution in [0.5, 0.6) is 0 Å². The van der Waals surface area contributed by atoms with Gasteiger partial charge in [0.05, 0.1) is 23.7 Å². The third-order valence-electron chi connectivity index (χ3n) is 5.49. The summed E-state index contributed by atoms with van der Waals surface area (Å²) < 4.78 is 24.1. The van der Waals surface area contributed by atoms with Gasteiger partial charge in [-0.2, -0.15) is 10.1 Å².